The maximum absolute atomic E-state index is 13.2. The molecule has 36 heavy (non-hydrogen) atoms. The van der Waals surface area contributed by atoms with Gasteiger partial charge in [0.1, 0.15) is 5.54 Å². The fourth-order valence-corrected chi connectivity index (χ4v) is 3.61. The van der Waals surface area contributed by atoms with E-state index in [1.807, 2.05) is 0 Å². The van der Waals surface area contributed by atoms with Gasteiger partial charge in [-0.25, -0.2) is 4.79 Å². The van der Waals surface area contributed by atoms with E-state index in [2.05, 4.69) is 26.1 Å². The lowest BCUT2D eigenvalue weighted by Gasteiger charge is -2.26. The summed E-state index contributed by atoms with van der Waals surface area (Å²) in [5.74, 6) is -0.478. The number of alkyl halides is 3. The lowest BCUT2D eigenvalue weighted by molar-refractivity contribution is -0.137. The second kappa shape index (κ2) is 10.6. The van der Waals surface area contributed by atoms with Crippen molar-refractivity contribution < 1.29 is 32.2 Å². The van der Waals surface area contributed by atoms with Crippen LogP contribution in [0, 0.1) is 0 Å². The summed E-state index contributed by atoms with van der Waals surface area (Å²) in [6.07, 6.45) is -3.68. The predicted octanol–water partition coefficient (Wildman–Crippen LogP) is 3.80. The first-order valence-corrected chi connectivity index (χ1v) is 10.9. The number of nitrogens with zero attached hydrogens (tertiary/aromatic N) is 2. The van der Waals surface area contributed by atoms with Crippen LogP contribution < -0.4 is 20.7 Å². The summed E-state index contributed by atoms with van der Waals surface area (Å²) in [5, 5.41) is 15.4. The molecule has 0 radical (unpaired) electrons. The first-order chi connectivity index (χ1) is 17.2. The van der Waals surface area contributed by atoms with Gasteiger partial charge < -0.3 is 25.4 Å². The summed E-state index contributed by atoms with van der Waals surface area (Å²) >= 11 is 0. The number of carbonyl (C=O) groups excluding carboxylic acids is 2. The Bertz CT molecular complexity index is 1200. The third-order valence-electron chi connectivity index (χ3n) is 5.46. The molecular formula is C24H22F3N5O4. The Morgan fingerprint density at radius 3 is 2.50 bits per heavy atom. The van der Waals surface area contributed by atoms with E-state index in [4.69, 9.17) is 9.47 Å². The molecule has 1 aromatic heterocycles. The van der Waals surface area contributed by atoms with Crippen molar-refractivity contribution in [2.75, 3.05) is 18.5 Å². The number of halogens is 3. The van der Waals surface area contributed by atoms with Crippen molar-refractivity contribution in [2.24, 2.45) is 0 Å². The number of hydrogen-bond donors (Lipinski definition) is 3. The fraction of sp³-hybridized carbons (Fsp3) is 0.250. The second-order valence-corrected chi connectivity index (χ2v) is 8.01. The second-order valence-electron chi connectivity index (χ2n) is 8.01. The minimum atomic E-state index is -4.48. The summed E-state index contributed by atoms with van der Waals surface area (Å²) in [5.41, 5.74) is -0.989. The normalized spacial score (nSPS) is 17.3. The molecule has 1 aliphatic rings. The number of hydrogen-bond acceptors (Lipinski definition) is 7. The third-order valence-corrected chi connectivity index (χ3v) is 5.46. The maximum Gasteiger partial charge on any atom is 0.418 e. The molecule has 188 valence electrons. The molecule has 0 saturated carbocycles. The van der Waals surface area contributed by atoms with E-state index in [0.29, 0.717) is 11.3 Å². The summed E-state index contributed by atoms with van der Waals surface area (Å²) in [7, 11) is 0. The van der Waals surface area contributed by atoms with Crippen molar-refractivity contribution in [3.05, 3.63) is 78.0 Å². The van der Waals surface area contributed by atoms with Gasteiger partial charge in [0.05, 0.1) is 17.9 Å². The van der Waals surface area contributed by atoms with Crippen molar-refractivity contribution in [1.29, 1.82) is 0 Å². The number of rotatable bonds is 7. The van der Waals surface area contributed by atoms with Crippen LogP contribution in [0.1, 0.15) is 17.5 Å². The van der Waals surface area contributed by atoms with Crippen molar-refractivity contribution >= 4 is 23.4 Å². The molecule has 1 atom stereocenters. The number of ether oxygens (including phenoxy) is 2. The molecule has 12 heteroatoms. The number of carbonyl (C=O) groups is 2. The molecule has 4 rings (SSSR count). The maximum atomic E-state index is 13.2. The van der Waals surface area contributed by atoms with Crippen LogP contribution in [0.15, 0.2) is 66.9 Å². The predicted molar refractivity (Wildman–Crippen MR) is 122 cm³/mol. The summed E-state index contributed by atoms with van der Waals surface area (Å²) in [6, 6.07) is 14.8. The van der Waals surface area contributed by atoms with Crippen LogP contribution in [0.4, 0.5) is 29.3 Å². The van der Waals surface area contributed by atoms with Crippen LogP contribution in [-0.4, -0.2) is 41.0 Å². The Morgan fingerprint density at radius 2 is 1.83 bits per heavy atom. The summed E-state index contributed by atoms with van der Waals surface area (Å²) < 4.78 is 50.0. The lowest BCUT2D eigenvalue weighted by Crippen LogP contribution is -2.59. The van der Waals surface area contributed by atoms with Crippen molar-refractivity contribution in [3.63, 3.8) is 0 Å². The minimum absolute atomic E-state index is 0.0176. The van der Waals surface area contributed by atoms with Crippen LogP contribution >= 0.6 is 0 Å². The fourth-order valence-electron chi connectivity index (χ4n) is 3.61. The van der Waals surface area contributed by atoms with Crippen LogP contribution in [-0.2, 0) is 22.3 Å². The van der Waals surface area contributed by atoms with Gasteiger partial charge in [-0.05, 0) is 35.9 Å². The van der Waals surface area contributed by atoms with Gasteiger partial charge in [-0.3, -0.25) is 4.79 Å². The molecule has 0 aliphatic carbocycles. The van der Waals surface area contributed by atoms with Gasteiger partial charge >= 0.3 is 12.3 Å². The highest BCUT2D eigenvalue weighted by atomic mass is 19.4. The van der Waals surface area contributed by atoms with Gasteiger partial charge in [-0.2, -0.15) is 18.3 Å². The molecule has 0 unspecified atom stereocenters. The zero-order chi connectivity index (χ0) is 25.6. The number of benzene rings is 2. The largest absolute Gasteiger partial charge is 0.418 e. The molecule has 1 saturated heterocycles. The van der Waals surface area contributed by atoms with Crippen molar-refractivity contribution in [2.45, 2.75) is 24.7 Å². The number of aromatic nitrogens is 2. The smallest absolute Gasteiger partial charge is 0.390 e. The number of nitrogens with one attached hydrogen (secondary N) is 3. The number of anilines is 2. The molecule has 2 amide bonds. The first-order valence-electron chi connectivity index (χ1n) is 10.9. The van der Waals surface area contributed by atoms with Gasteiger partial charge in [0, 0.05) is 37.5 Å². The zero-order valence-electron chi connectivity index (χ0n) is 18.8. The van der Waals surface area contributed by atoms with E-state index in [0.717, 1.165) is 6.07 Å². The quantitative estimate of drug-likeness (QED) is 0.451. The summed E-state index contributed by atoms with van der Waals surface area (Å²) in [6.45, 7) is 0.370. The molecule has 2 aromatic carbocycles. The molecule has 1 aliphatic heterocycles. The average Bonchev–Trinajstić information content (AvgIpc) is 3.33. The van der Waals surface area contributed by atoms with Crippen molar-refractivity contribution in [3.8, 4) is 5.88 Å². The highest BCUT2D eigenvalue weighted by Gasteiger charge is 2.44. The van der Waals surface area contributed by atoms with Gasteiger partial charge in [0.25, 0.3) is 0 Å². The molecule has 9 nitrogen and oxygen atoms in total. The highest BCUT2D eigenvalue weighted by molar-refractivity contribution is 5.90. The Labute approximate surface area is 204 Å². The first kappa shape index (κ1) is 24.9. The van der Waals surface area contributed by atoms with Crippen LogP contribution in [0.2, 0.25) is 0 Å². The van der Waals surface area contributed by atoms with Gasteiger partial charge in [0.2, 0.25) is 11.8 Å². The van der Waals surface area contributed by atoms with E-state index in [-0.39, 0.29) is 37.7 Å². The summed E-state index contributed by atoms with van der Waals surface area (Å²) in [4.78, 5) is 25.3. The Morgan fingerprint density at radius 1 is 1.06 bits per heavy atom. The Balaban J connectivity index is 1.36. The topological polar surface area (TPSA) is 114 Å². The van der Waals surface area contributed by atoms with Gasteiger partial charge in [0.15, 0.2) is 0 Å². The van der Waals surface area contributed by atoms with E-state index in [1.54, 1.807) is 30.3 Å². The standard InChI is InChI=1S/C24H22F3N5O4/c25-24(26,27)18-4-1-2-5-19(18)30-17-9-7-16(8-10-17)14-28-21(33)23(11-13-35-15-23)31-22(34)36-20-6-3-12-29-32-20/h1-10,12,30H,11,13-15H2,(H,28,33)(H,31,34)/t23-/m0/s1. The Hall–Kier alpha value is -4.19. The number of para-hydroxylation sites is 1. The lowest BCUT2D eigenvalue weighted by atomic mass is 9.97. The highest BCUT2D eigenvalue weighted by Crippen LogP contribution is 2.35. The molecule has 0 spiro atoms. The third kappa shape index (κ3) is 6.08. The molecule has 0 bridgehead atoms. The van der Waals surface area contributed by atoms with E-state index in [9.17, 15) is 22.8 Å². The molecule has 1 fully saturated rings. The monoisotopic (exact) mass is 501 g/mol. The van der Waals surface area contributed by atoms with Gasteiger partial charge in [-0.1, -0.05) is 24.3 Å². The van der Waals surface area contributed by atoms with Crippen LogP contribution in [0.3, 0.4) is 0 Å². The molecule has 3 aromatic rings. The van der Waals surface area contributed by atoms with E-state index in [1.165, 1.54) is 30.5 Å². The molecule has 2 heterocycles. The van der Waals surface area contributed by atoms with Crippen LogP contribution in [0.25, 0.3) is 0 Å². The molecule has 3 N–H and O–H groups in total. The van der Waals surface area contributed by atoms with E-state index >= 15 is 0 Å². The van der Waals surface area contributed by atoms with Crippen molar-refractivity contribution in [1.82, 2.24) is 20.8 Å². The number of amides is 2. The SMILES string of the molecule is O=C(N[C@@]1(C(=O)NCc2ccc(Nc3ccccc3C(F)(F)F)cc2)CCOC1)Oc1cccnn1. The molecular weight excluding hydrogens is 479 g/mol. The minimum Gasteiger partial charge on any atom is -0.390 e. The Kier molecular flexibility index (Phi) is 7.34. The van der Waals surface area contributed by atoms with Crippen LogP contribution in [0.5, 0.6) is 5.88 Å². The zero-order valence-corrected chi connectivity index (χ0v) is 18.8. The average molecular weight is 501 g/mol. The van der Waals surface area contributed by atoms with E-state index < -0.39 is 29.3 Å². The van der Waals surface area contributed by atoms with Gasteiger partial charge in [-0.15, -0.1) is 5.10 Å².